The van der Waals surface area contributed by atoms with Crippen molar-refractivity contribution in [3.63, 3.8) is 0 Å². The maximum absolute atomic E-state index is 12.2. The molecule has 108 valence electrons. The Balaban J connectivity index is 1.64. The average Bonchev–Trinajstić information content (AvgIpc) is 2.85. The number of rotatable bonds is 2. The van der Waals surface area contributed by atoms with Gasteiger partial charge in [0.15, 0.2) is 0 Å². The molecule has 2 unspecified atom stereocenters. The number of aromatic hydroxyl groups is 1. The van der Waals surface area contributed by atoms with Gasteiger partial charge in [0.2, 0.25) is 0 Å². The van der Waals surface area contributed by atoms with Crippen LogP contribution in [0.15, 0.2) is 18.2 Å². The third kappa shape index (κ3) is 2.76. The lowest BCUT2D eigenvalue weighted by Gasteiger charge is -2.35. The maximum atomic E-state index is 12.2. The van der Waals surface area contributed by atoms with E-state index in [-0.39, 0.29) is 17.7 Å². The Kier molecular flexibility index (Phi) is 3.85. The van der Waals surface area contributed by atoms with Crippen LogP contribution in [0.4, 0.5) is 0 Å². The molecule has 0 saturated carbocycles. The van der Waals surface area contributed by atoms with Gasteiger partial charge < -0.3 is 15.3 Å². The van der Waals surface area contributed by atoms with Gasteiger partial charge in [-0.05, 0) is 50.4 Å². The molecule has 1 aromatic rings. The van der Waals surface area contributed by atoms with Crippen LogP contribution in [0.5, 0.6) is 5.75 Å². The minimum Gasteiger partial charge on any atom is -0.507 e. The lowest BCUT2D eigenvalue weighted by molar-refractivity contribution is 0.0893. The molecule has 0 aromatic heterocycles. The summed E-state index contributed by atoms with van der Waals surface area (Å²) in [6, 6.07) is 5.41. The van der Waals surface area contributed by atoms with Gasteiger partial charge in [-0.15, -0.1) is 0 Å². The summed E-state index contributed by atoms with van der Waals surface area (Å²) in [6.07, 6.45) is 4.50. The van der Waals surface area contributed by atoms with E-state index >= 15 is 0 Å². The fourth-order valence-corrected chi connectivity index (χ4v) is 3.48. The van der Waals surface area contributed by atoms with Gasteiger partial charge in [0.1, 0.15) is 5.75 Å². The van der Waals surface area contributed by atoms with Crippen LogP contribution in [0, 0.1) is 0 Å². The second-order valence-electron chi connectivity index (χ2n) is 5.69. The summed E-state index contributed by atoms with van der Waals surface area (Å²) in [5.41, 5.74) is 0.295. The second-order valence-corrected chi connectivity index (χ2v) is 6.12. The Labute approximate surface area is 123 Å². The molecule has 2 aliphatic rings. The minimum absolute atomic E-state index is 0.0618. The number of hydrogen-bond acceptors (Lipinski definition) is 3. The highest BCUT2D eigenvalue weighted by atomic mass is 35.5. The number of hydrogen-bond donors (Lipinski definition) is 2. The molecule has 0 aliphatic carbocycles. The third-order valence-corrected chi connectivity index (χ3v) is 4.60. The Morgan fingerprint density at radius 1 is 1.35 bits per heavy atom. The lowest BCUT2D eigenvalue weighted by Crippen LogP contribution is -2.47. The molecule has 3 rings (SSSR count). The van der Waals surface area contributed by atoms with Gasteiger partial charge in [-0.2, -0.15) is 0 Å². The van der Waals surface area contributed by atoms with Crippen LogP contribution < -0.4 is 5.32 Å². The van der Waals surface area contributed by atoms with Gasteiger partial charge in [-0.25, -0.2) is 0 Å². The molecule has 4 nitrogen and oxygen atoms in total. The van der Waals surface area contributed by atoms with Crippen molar-refractivity contribution in [2.24, 2.45) is 0 Å². The van der Waals surface area contributed by atoms with E-state index < -0.39 is 0 Å². The zero-order chi connectivity index (χ0) is 14.1. The van der Waals surface area contributed by atoms with E-state index in [1.54, 1.807) is 12.1 Å². The number of fused-ring (bicyclic) bond motifs is 1. The molecule has 1 aromatic carbocycles. The number of carbonyl (C=O) groups is 1. The summed E-state index contributed by atoms with van der Waals surface area (Å²) in [7, 11) is 0. The quantitative estimate of drug-likeness (QED) is 0.881. The molecular weight excluding hydrogens is 276 g/mol. The molecule has 20 heavy (non-hydrogen) atoms. The van der Waals surface area contributed by atoms with Crippen LogP contribution in [0.2, 0.25) is 5.02 Å². The first-order valence-electron chi connectivity index (χ1n) is 7.17. The fourth-order valence-electron chi connectivity index (χ4n) is 3.32. The number of phenols is 1. The highest BCUT2D eigenvalue weighted by molar-refractivity contribution is 6.30. The standard InChI is InChI=1S/C15H19ClN2O2/c16-10-3-4-13(14(19)8-10)15(20)17-11-5-7-18-6-1-2-12(18)9-11/h3-4,8,11-12,19H,1-2,5-7,9H2,(H,17,20). The number of nitrogens with zero attached hydrogens (tertiary/aromatic N) is 1. The zero-order valence-corrected chi connectivity index (χ0v) is 12.1. The largest absolute Gasteiger partial charge is 0.507 e. The zero-order valence-electron chi connectivity index (χ0n) is 11.3. The fraction of sp³-hybridized carbons (Fsp3) is 0.533. The van der Waals surface area contributed by atoms with Crippen molar-refractivity contribution in [1.82, 2.24) is 10.2 Å². The van der Waals surface area contributed by atoms with Crippen molar-refractivity contribution in [3.05, 3.63) is 28.8 Å². The smallest absolute Gasteiger partial charge is 0.255 e. The molecule has 2 N–H and O–H groups in total. The predicted octanol–water partition coefficient (Wildman–Crippen LogP) is 2.40. The summed E-state index contributed by atoms with van der Waals surface area (Å²) in [5.74, 6) is -0.274. The van der Waals surface area contributed by atoms with Crippen molar-refractivity contribution >= 4 is 17.5 Å². The van der Waals surface area contributed by atoms with Crippen molar-refractivity contribution in [3.8, 4) is 5.75 Å². The van der Waals surface area contributed by atoms with Crippen LogP contribution >= 0.6 is 11.6 Å². The monoisotopic (exact) mass is 294 g/mol. The van der Waals surface area contributed by atoms with Crippen LogP contribution in [0.1, 0.15) is 36.0 Å². The van der Waals surface area contributed by atoms with E-state index in [4.69, 9.17) is 11.6 Å². The van der Waals surface area contributed by atoms with E-state index in [0.29, 0.717) is 16.6 Å². The van der Waals surface area contributed by atoms with E-state index in [2.05, 4.69) is 10.2 Å². The summed E-state index contributed by atoms with van der Waals surface area (Å²) in [5, 5.41) is 13.3. The first-order chi connectivity index (χ1) is 9.63. The molecule has 0 bridgehead atoms. The van der Waals surface area contributed by atoms with Gasteiger partial charge in [-0.1, -0.05) is 11.6 Å². The molecule has 2 aliphatic heterocycles. The van der Waals surface area contributed by atoms with Crippen molar-refractivity contribution in [2.45, 2.75) is 37.8 Å². The number of phenolic OH excluding ortho intramolecular Hbond substituents is 1. The van der Waals surface area contributed by atoms with Crippen molar-refractivity contribution in [1.29, 1.82) is 0 Å². The summed E-state index contributed by atoms with van der Waals surface area (Å²) < 4.78 is 0. The SMILES string of the molecule is O=C(NC1CCN2CCCC2C1)c1ccc(Cl)cc1O. The van der Waals surface area contributed by atoms with Gasteiger partial charge in [0.05, 0.1) is 5.56 Å². The Morgan fingerprint density at radius 3 is 3.00 bits per heavy atom. The molecule has 1 amide bonds. The van der Waals surface area contributed by atoms with Crippen LogP contribution in [0.3, 0.4) is 0 Å². The molecular formula is C15H19ClN2O2. The first kappa shape index (κ1) is 13.7. The van der Waals surface area contributed by atoms with Crippen molar-refractivity contribution < 1.29 is 9.90 Å². The van der Waals surface area contributed by atoms with E-state index in [9.17, 15) is 9.90 Å². The van der Waals surface area contributed by atoms with Gasteiger partial charge in [-0.3, -0.25) is 4.79 Å². The van der Waals surface area contributed by atoms with Crippen LogP contribution in [0.25, 0.3) is 0 Å². The highest BCUT2D eigenvalue weighted by Crippen LogP contribution is 2.27. The lowest BCUT2D eigenvalue weighted by atomic mass is 9.97. The topological polar surface area (TPSA) is 52.6 Å². The number of piperidine rings is 1. The second kappa shape index (κ2) is 5.62. The molecule has 2 atom stereocenters. The van der Waals surface area contributed by atoms with E-state index in [1.165, 1.54) is 25.5 Å². The van der Waals surface area contributed by atoms with Gasteiger partial charge in [0.25, 0.3) is 5.91 Å². The summed E-state index contributed by atoms with van der Waals surface area (Å²) in [6.45, 7) is 2.26. The van der Waals surface area contributed by atoms with E-state index in [1.807, 2.05) is 0 Å². The molecule has 2 fully saturated rings. The van der Waals surface area contributed by atoms with Gasteiger partial charge in [0, 0.05) is 23.7 Å². The summed E-state index contributed by atoms with van der Waals surface area (Å²) in [4.78, 5) is 14.7. The third-order valence-electron chi connectivity index (χ3n) is 4.36. The average molecular weight is 295 g/mol. The Morgan fingerprint density at radius 2 is 2.20 bits per heavy atom. The molecule has 0 spiro atoms. The van der Waals surface area contributed by atoms with Crippen LogP contribution in [-0.2, 0) is 0 Å². The molecule has 5 heteroatoms. The summed E-state index contributed by atoms with van der Waals surface area (Å²) >= 11 is 5.78. The molecule has 2 saturated heterocycles. The van der Waals surface area contributed by atoms with Crippen molar-refractivity contribution in [2.75, 3.05) is 13.1 Å². The Bertz CT molecular complexity index is 521. The van der Waals surface area contributed by atoms with Gasteiger partial charge >= 0.3 is 0 Å². The number of halogens is 1. The maximum Gasteiger partial charge on any atom is 0.255 e. The number of amides is 1. The number of nitrogens with one attached hydrogen (secondary N) is 1. The van der Waals surface area contributed by atoms with Crippen LogP contribution in [-0.4, -0.2) is 41.1 Å². The Hall–Kier alpha value is -1.26. The normalized spacial score (nSPS) is 26.2. The minimum atomic E-state index is -0.212. The number of carbonyl (C=O) groups excluding carboxylic acids is 1. The first-order valence-corrected chi connectivity index (χ1v) is 7.55. The predicted molar refractivity (Wildman–Crippen MR) is 78.2 cm³/mol. The van der Waals surface area contributed by atoms with E-state index in [0.717, 1.165) is 19.4 Å². The molecule has 2 heterocycles. The highest BCUT2D eigenvalue weighted by Gasteiger charge is 2.32. The number of benzene rings is 1. The molecule has 0 radical (unpaired) electrons.